The highest BCUT2D eigenvalue weighted by molar-refractivity contribution is 6.30. The maximum absolute atomic E-state index is 12.3. The molecule has 0 saturated heterocycles. The Balaban J connectivity index is 1.57. The fourth-order valence-corrected chi connectivity index (χ4v) is 7.30. The summed E-state index contributed by atoms with van der Waals surface area (Å²) in [6.07, 6.45) is 10.0. The van der Waals surface area contributed by atoms with Crippen molar-refractivity contribution < 1.29 is 15.0 Å². The van der Waals surface area contributed by atoms with Crippen molar-refractivity contribution in [2.45, 2.75) is 63.9 Å². The summed E-state index contributed by atoms with van der Waals surface area (Å²) >= 11 is 5.55. The maximum Gasteiger partial charge on any atom is 0.161 e. The van der Waals surface area contributed by atoms with Gasteiger partial charge in [-0.15, -0.1) is 0 Å². The summed E-state index contributed by atoms with van der Waals surface area (Å²) in [5.41, 5.74) is 0.488. The van der Waals surface area contributed by atoms with E-state index in [4.69, 9.17) is 11.6 Å². The number of carbonyl (C=O) groups excluding carboxylic acids is 1. The highest BCUT2D eigenvalue weighted by Gasteiger charge is 2.57. The zero-order valence-electron chi connectivity index (χ0n) is 15.5. The second-order valence-electron chi connectivity index (χ2n) is 9.32. The summed E-state index contributed by atoms with van der Waals surface area (Å²) < 4.78 is 0. The van der Waals surface area contributed by atoms with E-state index in [-0.39, 0.29) is 23.7 Å². The lowest BCUT2D eigenvalue weighted by atomic mass is 9.51. The van der Waals surface area contributed by atoms with Gasteiger partial charge < -0.3 is 10.2 Å². The van der Waals surface area contributed by atoms with Crippen LogP contribution in [-0.4, -0.2) is 28.2 Å². The largest absolute Gasteiger partial charge is 0.389 e. The molecule has 3 saturated carbocycles. The van der Waals surface area contributed by atoms with Crippen molar-refractivity contribution in [2.24, 2.45) is 35.0 Å². The summed E-state index contributed by atoms with van der Waals surface area (Å²) in [6, 6.07) is 0. The van der Waals surface area contributed by atoms with Crippen LogP contribution in [0.2, 0.25) is 0 Å². The smallest absolute Gasteiger partial charge is 0.161 e. The standard InChI is InChI=1S/C22H29ClO3/c1-21-8-6-16-15-7-9-22(26,10-11-23)12-14(15)2-3-17(16)18(21)4-5-19(21)20(25)13-24/h2,15-19,24,26H,3-9,12-13H2,1H3/t15-,16+,17+,18-,19+,21-,22-/m0/s1. The topological polar surface area (TPSA) is 57.5 Å². The van der Waals surface area contributed by atoms with Crippen LogP contribution >= 0.6 is 11.6 Å². The minimum absolute atomic E-state index is 0.0410. The molecule has 0 unspecified atom stereocenters. The normalized spacial score (nSPS) is 46.9. The molecule has 2 N–H and O–H groups in total. The molecular formula is C22H29ClO3. The lowest BCUT2D eigenvalue weighted by Crippen LogP contribution is -2.48. The molecule has 7 atom stereocenters. The molecule has 4 aliphatic carbocycles. The van der Waals surface area contributed by atoms with Crippen molar-refractivity contribution >= 4 is 17.4 Å². The van der Waals surface area contributed by atoms with Crippen LogP contribution in [0, 0.1) is 46.3 Å². The van der Waals surface area contributed by atoms with Gasteiger partial charge >= 0.3 is 0 Å². The van der Waals surface area contributed by atoms with Crippen molar-refractivity contribution in [2.75, 3.05) is 6.61 Å². The molecule has 0 spiro atoms. The number of allylic oxidation sites excluding steroid dienone is 1. The first-order valence-electron chi connectivity index (χ1n) is 10.1. The Morgan fingerprint density at radius 1 is 1.27 bits per heavy atom. The average Bonchev–Trinajstić information content (AvgIpc) is 2.98. The molecule has 0 aromatic carbocycles. The molecule has 142 valence electrons. The first kappa shape index (κ1) is 18.5. The second-order valence-corrected chi connectivity index (χ2v) is 9.51. The second kappa shape index (κ2) is 6.66. The fourth-order valence-electron chi connectivity index (χ4n) is 7.13. The van der Waals surface area contributed by atoms with E-state index >= 15 is 0 Å². The number of aliphatic hydroxyl groups excluding tert-OH is 1. The van der Waals surface area contributed by atoms with E-state index in [0.717, 1.165) is 38.5 Å². The molecule has 0 aromatic heterocycles. The number of aliphatic hydroxyl groups is 2. The molecule has 3 nitrogen and oxygen atoms in total. The highest BCUT2D eigenvalue weighted by Crippen LogP contribution is 2.63. The van der Waals surface area contributed by atoms with Gasteiger partial charge in [0.1, 0.15) is 12.2 Å². The summed E-state index contributed by atoms with van der Waals surface area (Å²) in [5, 5.41) is 22.4. The average molecular weight is 377 g/mol. The molecular weight excluding hydrogens is 348 g/mol. The van der Waals surface area contributed by atoms with Crippen LogP contribution in [0.15, 0.2) is 11.6 Å². The Hall–Kier alpha value is -0.820. The molecule has 0 radical (unpaired) electrons. The Kier molecular flexibility index (Phi) is 4.75. The fraction of sp³-hybridized carbons (Fsp3) is 0.773. The van der Waals surface area contributed by atoms with Crippen molar-refractivity contribution in [1.29, 1.82) is 0 Å². The predicted octanol–water partition coefficient (Wildman–Crippen LogP) is 3.67. The number of rotatable bonds is 2. The van der Waals surface area contributed by atoms with E-state index in [1.54, 1.807) is 0 Å². The van der Waals surface area contributed by atoms with Crippen LogP contribution in [0.5, 0.6) is 0 Å². The number of ketones is 1. The van der Waals surface area contributed by atoms with Crippen LogP contribution in [-0.2, 0) is 4.79 Å². The molecule has 0 aliphatic heterocycles. The molecule has 4 aliphatic rings. The third-order valence-electron chi connectivity index (χ3n) is 8.33. The zero-order chi connectivity index (χ0) is 18.5. The van der Waals surface area contributed by atoms with Crippen LogP contribution < -0.4 is 0 Å². The third kappa shape index (κ3) is 2.77. The van der Waals surface area contributed by atoms with Crippen molar-refractivity contribution in [3.63, 3.8) is 0 Å². The quantitative estimate of drug-likeness (QED) is 0.571. The van der Waals surface area contributed by atoms with Gasteiger partial charge in [-0.2, -0.15) is 0 Å². The summed E-state index contributed by atoms with van der Waals surface area (Å²) in [6.45, 7) is 1.99. The first-order valence-corrected chi connectivity index (χ1v) is 10.5. The molecule has 3 fully saturated rings. The minimum atomic E-state index is -0.952. The molecule has 4 rings (SSSR count). The lowest BCUT2D eigenvalue weighted by Gasteiger charge is -2.54. The minimum Gasteiger partial charge on any atom is -0.389 e. The number of carbonyl (C=O) groups is 1. The number of hydrogen-bond acceptors (Lipinski definition) is 3. The zero-order valence-corrected chi connectivity index (χ0v) is 16.3. The SMILES string of the molecule is C[C@]12CC[C@H]3[C@@H](CC=C4C[C@@](O)(C#CCl)CC[C@@H]43)[C@@H]1CC[C@@H]2C(=O)CO. The van der Waals surface area contributed by atoms with Gasteiger partial charge in [0.05, 0.1) is 0 Å². The summed E-state index contributed by atoms with van der Waals surface area (Å²) in [5.74, 6) is 5.35. The van der Waals surface area contributed by atoms with Crippen molar-refractivity contribution in [3.8, 4) is 11.3 Å². The van der Waals surface area contributed by atoms with Gasteiger partial charge in [0.2, 0.25) is 0 Å². The van der Waals surface area contributed by atoms with Gasteiger partial charge in [-0.3, -0.25) is 4.79 Å². The van der Waals surface area contributed by atoms with Crippen molar-refractivity contribution in [3.05, 3.63) is 11.6 Å². The Morgan fingerprint density at radius 2 is 2.08 bits per heavy atom. The number of hydrogen-bond donors (Lipinski definition) is 2. The number of halogens is 1. The molecule has 4 heteroatoms. The Labute approximate surface area is 161 Å². The molecule has 0 aromatic rings. The van der Waals surface area contributed by atoms with E-state index in [2.05, 4.69) is 24.3 Å². The monoisotopic (exact) mass is 376 g/mol. The lowest BCUT2D eigenvalue weighted by molar-refractivity contribution is -0.131. The van der Waals surface area contributed by atoms with E-state index in [0.29, 0.717) is 36.5 Å². The Morgan fingerprint density at radius 3 is 2.81 bits per heavy atom. The van der Waals surface area contributed by atoms with Crippen molar-refractivity contribution in [1.82, 2.24) is 0 Å². The van der Waals surface area contributed by atoms with Gasteiger partial charge in [-0.1, -0.05) is 24.5 Å². The van der Waals surface area contributed by atoms with Crippen LogP contribution in [0.3, 0.4) is 0 Å². The molecule has 0 amide bonds. The third-order valence-corrected chi connectivity index (χ3v) is 8.42. The summed E-state index contributed by atoms with van der Waals surface area (Å²) in [7, 11) is 0. The van der Waals surface area contributed by atoms with Crippen LogP contribution in [0.25, 0.3) is 0 Å². The van der Waals surface area contributed by atoms with Gasteiger partial charge in [0.25, 0.3) is 0 Å². The summed E-state index contributed by atoms with van der Waals surface area (Å²) in [4.78, 5) is 12.3. The van der Waals surface area contributed by atoms with Crippen LogP contribution in [0.4, 0.5) is 0 Å². The van der Waals surface area contributed by atoms with Gasteiger partial charge in [0.15, 0.2) is 5.78 Å². The van der Waals surface area contributed by atoms with Gasteiger partial charge in [0, 0.05) is 17.7 Å². The first-order chi connectivity index (χ1) is 12.4. The molecule has 0 heterocycles. The van der Waals surface area contributed by atoms with E-state index in [1.807, 2.05) is 0 Å². The maximum atomic E-state index is 12.3. The van der Waals surface area contributed by atoms with Crippen LogP contribution in [0.1, 0.15) is 58.3 Å². The highest BCUT2D eigenvalue weighted by atomic mass is 35.5. The predicted molar refractivity (Wildman–Crippen MR) is 101 cm³/mol. The van der Waals surface area contributed by atoms with Gasteiger partial charge in [-0.05, 0) is 85.6 Å². The number of Topliss-reactive ketones (excluding diaryl/α,β-unsaturated/α-hetero) is 1. The molecule has 26 heavy (non-hydrogen) atoms. The molecule has 0 bridgehead atoms. The van der Waals surface area contributed by atoms with E-state index < -0.39 is 5.60 Å². The van der Waals surface area contributed by atoms with Gasteiger partial charge in [-0.25, -0.2) is 0 Å². The number of fused-ring (bicyclic) bond motifs is 5. The van der Waals surface area contributed by atoms with E-state index in [1.165, 1.54) is 5.57 Å². The Bertz CT molecular complexity index is 689. The van der Waals surface area contributed by atoms with E-state index in [9.17, 15) is 15.0 Å².